The van der Waals surface area contributed by atoms with Gasteiger partial charge in [-0.1, -0.05) is 36.2 Å². The Bertz CT molecular complexity index is 276. The molecule has 1 aromatic rings. The van der Waals surface area contributed by atoms with Gasteiger partial charge in [0, 0.05) is 15.9 Å². The van der Waals surface area contributed by atoms with E-state index in [1.165, 1.54) is 0 Å². The lowest BCUT2D eigenvalue weighted by atomic mass is 10.0. The number of hydrogen-bond acceptors (Lipinski definition) is 0. The van der Waals surface area contributed by atoms with Crippen molar-refractivity contribution in [1.82, 2.24) is 0 Å². The molecule has 3 heteroatoms. The van der Waals surface area contributed by atoms with Crippen LogP contribution in [0.15, 0.2) is 18.2 Å². The van der Waals surface area contributed by atoms with Crippen LogP contribution in [0.25, 0.3) is 0 Å². The summed E-state index contributed by atoms with van der Waals surface area (Å²) in [6.07, 6.45) is 1.92. The Morgan fingerprint density at radius 3 is 2.29 bits per heavy atom. The van der Waals surface area contributed by atoms with Crippen LogP contribution >= 0.6 is 34.8 Å². The first-order valence-electron chi connectivity index (χ1n) is 4.64. The topological polar surface area (TPSA) is 0 Å². The molecule has 0 N–H and O–H groups in total. The highest BCUT2D eigenvalue weighted by Crippen LogP contribution is 2.26. The molecule has 1 aromatic carbocycles. The van der Waals surface area contributed by atoms with E-state index in [1.54, 1.807) is 0 Å². The van der Waals surface area contributed by atoms with Crippen LogP contribution in [0.2, 0.25) is 10.0 Å². The molecule has 0 aliphatic heterocycles. The van der Waals surface area contributed by atoms with Crippen LogP contribution in [0.4, 0.5) is 0 Å². The minimum Gasteiger partial charge on any atom is -0.126 e. The summed E-state index contributed by atoms with van der Waals surface area (Å²) in [5.74, 6) is 1.19. The molecule has 0 saturated carbocycles. The van der Waals surface area contributed by atoms with E-state index in [1.807, 2.05) is 18.2 Å². The number of rotatable bonds is 4. The van der Waals surface area contributed by atoms with E-state index in [9.17, 15) is 0 Å². The van der Waals surface area contributed by atoms with Gasteiger partial charge in [-0.3, -0.25) is 0 Å². The average molecular weight is 252 g/mol. The monoisotopic (exact) mass is 250 g/mol. The summed E-state index contributed by atoms with van der Waals surface area (Å²) in [7, 11) is 0. The molecule has 0 spiro atoms. The zero-order chi connectivity index (χ0) is 10.6. The maximum Gasteiger partial charge on any atom is 0.0452 e. The van der Waals surface area contributed by atoms with E-state index >= 15 is 0 Å². The molecule has 0 nitrogen and oxygen atoms in total. The van der Waals surface area contributed by atoms with Crippen LogP contribution in [0.3, 0.4) is 0 Å². The fraction of sp³-hybridized carbons (Fsp3) is 0.455. The Balaban J connectivity index is 2.66. The molecule has 0 heterocycles. The third-order valence-corrected chi connectivity index (χ3v) is 3.45. The normalized spacial score (nSPS) is 12.9. The predicted molar refractivity (Wildman–Crippen MR) is 64.7 cm³/mol. The van der Waals surface area contributed by atoms with Crippen molar-refractivity contribution < 1.29 is 0 Å². The van der Waals surface area contributed by atoms with E-state index in [2.05, 4.69) is 6.92 Å². The number of alkyl halides is 1. The predicted octanol–water partition coefficient (Wildman–Crippen LogP) is 4.80. The lowest BCUT2D eigenvalue weighted by molar-refractivity contribution is 0.593. The van der Waals surface area contributed by atoms with Crippen LogP contribution in [0.5, 0.6) is 0 Å². The maximum absolute atomic E-state index is 6.04. The molecule has 1 unspecified atom stereocenters. The van der Waals surface area contributed by atoms with E-state index < -0.39 is 0 Å². The number of benzene rings is 1. The van der Waals surface area contributed by atoms with Gasteiger partial charge < -0.3 is 0 Å². The van der Waals surface area contributed by atoms with Crippen LogP contribution in [-0.4, -0.2) is 5.88 Å². The Morgan fingerprint density at radius 2 is 1.79 bits per heavy atom. The summed E-state index contributed by atoms with van der Waals surface area (Å²) >= 11 is 17.8. The molecule has 0 radical (unpaired) electrons. The fourth-order valence-corrected chi connectivity index (χ4v) is 1.98. The van der Waals surface area contributed by atoms with Crippen molar-refractivity contribution in [1.29, 1.82) is 0 Å². The van der Waals surface area contributed by atoms with Crippen molar-refractivity contribution in [2.45, 2.75) is 19.8 Å². The third-order valence-electron chi connectivity index (χ3n) is 2.21. The van der Waals surface area contributed by atoms with Gasteiger partial charge in [-0.25, -0.2) is 0 Å². The Hall–Kier alpha value is 0.0900. The molecule has 0 aliphatic rings. The second-order valence-corrected chi connectivity index (χ2v) is 4.62. The third kappa shape index (κ3) is 3.34. The molecule has 1 rings (SSSR count). The molecule has 0 amide bonds. The molecule has 0 saturated heterocycles. The van der Waals surface area contributed by atoms with Crippen molar-refractivity contribution in [3.05, 3.63) is 33.8 Å². The van der Waals surface area contributed by atoms with Gasteiger partial charge in [-0.15, -0.1) is 11.6 Å². The van der Waals surface area contributed by atoms with Crippen LogP contribution < -0.4 is 0 Å². The molecular formula is C11H13Cl3. The molecular weight excluding hydrogens is 238 g/mol. The van der Waals surface area contributed by atoms with Gasteiger partial charge in [-0.05, 0) is 36.5 Å². The van der Waals surface area contributed by atoms with E-state index in [-0.39, 0.29) is 0 Å². The van der Waals surface area contributed by atoms with E-state index in [4.69, 9.17) is 34.8 Å². The molecule has 0 aliphatic carbocycles. The van der Waals surface area contributed by atoms with E-state index in [0.29, 0.717) is 11.8 Å². The smallest absolute Gasteiger partial charge is 0.0452 e. The largest absolute Gasteiger partial charge is 0.126 e. The summed E-state index contributed by atoms with van der Waals surface area (Å²) in [5.41, 5.74) is 1.04. The summed E-state index contributed by atoms with van der Waals surface area (Å²) < 4.78 is 0. The average Bonchev–Trinajstić information content (AvgIpc) is 2.16. The maximum atomic E-state index is 6.04. The lowest BCUT2D eigenvalue weighted by Gasteiger charge is -2.09. The molecule has 78 valence electrons. The Morgan fingerprint density at radius 1 is 1.21 bits per heavy atom. The first-order valence-corrected chi connectivity index (χ1v) is 5.93. The zero-order valence-corrected chi connectivity index (χ0v) is 10.3. The SMILES string of the molecule is CC(CCl)CCc1c(Cl)cccc1Cl. The minimum absolute atomic E-state index is 0.504. The molecule has 1 atom stereocenters. The van der Waals surface area contributed by atoms with Crippen molar-refractivity contribution >= 4 is 34.8 Å². The fourth-order valence-electron chi connectivity index (χ4n) is 1.24. The molecule has 0 fully saturated rings. The van der Waals surface area contributed by atoms with Crippen molar-refractivity contribution in [3.63, 3.8) is 0 Å². The van der Waals surface area contributed by atoms with E-state index in [0.717, 1.165) is 28.5 Å². The first kappa shape index (κ1) is 12.2. The summed E-state index contributed by atoms with van der Waals surface area (Å²) in [4.78, 5) is 0. The zero-order valence-electron chi connectivity index (χ0n) is 8.06. The van der Waals surface area contributed by atoms with Gasteiger partial charge in [0.05, 0.1) is 0 Å². The highest BCUT2D eigenvalue weighted by Gasteiger charge is 2.07. The minimum atomic E-state index is 0.504. The van der Waals surface area contributed by atoms with Crippen molar-refractivity contribution in [2.75, 3.05) is 5.88 Å². The standard InChI is InChI=1S/C11H13Cl3/c1-8(7-12)5-6-9-10(13)3-2-4-11(9)14/h2-4,8H,5-7H2,1H3. The van der Waals surface area contributed by atoms with Gasteiger partial charge in [0.1, 0.15) is 0 Å². The van der Waals surface area contributed by atoms with Crippen LogP contribution in [0.1, 0.15) is 18.9 Å². The van der Waals surface area contributed by atoms with Gasteiger partial charge in [0.25, 0.3) is 0 Å². The Labute approximate surface area is 100 Å². The number of hydrogen-bond donors (Lipinski definition) is 0. The second kappa shape index (κ2) is 5.85. The van der Waals surface area contributed by atoms with Gasteiger partial charge >= 0.3 is 0 Å². The Kier molecular flexibility index (Phi) is 5.08. The summed E-state index contributed by atoms with van der Waals surface area (Å²) in [6, 6.07) is 5.60. The van der Waals surface area contributed by atoms with Crippen molar-refractivity contribution in [3.8, 4) is 0 Å². The second-order valence-electron chi connectivity index (χ2n) is 3.50. The highest BCUT2D eigenvalue weighted by atomic mass is 35.5. The van der Waals surface area contributed by atoms with Crippen molar-refractivity contribution in [2.24, 2.45) is 5.92 Å². The van der Waals surface area contributed by atoms with Crippen LogP contribution in [0, 0.1) is 5.92 Å². The number of halogens is 3. The summed E-state index contributed by atoms with van der Waals surface area (Å²) in [5, 5.41) is 1.50. The summed E-state index contributed by atoms with van der Waals surface area (Å²) in [6.45, 7) is 2.12. The van der Waals surface area contributed by atoms with Gasteiger partial charge in [0.2, 0.25) is 0 Å². The molecule has 0 aromatic heterocycles. The highest BCUT2D eigenvalue weighted by molar-refractivity contribution is 6.35. The molecule has 14 heavy (non-hydrogen) atoms. The van der Waals surface area contributed by atoms with Gasteiger partial charge in [-0.2, -0.15) is 0 Å². The first-order chi connectivity index (χ1) is 6.65. The van der Waals surface area contributed by atoms with Gasteiger partial charge in [0.15, 0.2) is 0 Å². The quantitative estimate of drug-likeness (QED) is 0.674. The molecule has 0 bridgehead atoms. The lowest BCUT2D eigenvalue weighted by Crippen LogP contribution is -1.99. The van der Waals surface area contributed by atoms with Crippen LogP contribution in [-0.2, 0) is 6.42 Å².